The van der Waals surface area contributed by atoms with E-state index in [1.165, 1.54) is 0 Å². The van der Waals surface area contributed by atoms with Crippen molar-refractivity contribution in [1.29, 1.82) is 0 Å². The fraction of sp³-hybridized carbons (Fsp3) is 0.500. The van der Waals surface area contributed by atoms with Gasteiger partial charge in [0, 0.05) is 12.6 Å². The average Bonchev–Trinajstić information content (AvgIpc) is 2.29. The molecule has 19 heavy (non-hydrogen) atoms. The summed E-state index contributed by atoms with van der Waals surface area (Å²) < 4.78 is 27.1. The topological polar surface area (TPSA) is 58.2 Å². The van der Waals surface area contributed by atoms with Crippen molar-refractivity contribution in [2.24, 2.45) is 0 Å². The molecule has 1 fully saturated rings. The van der Waals surface area contributed by atoms with Crippen LogP contribution in [0.2, 0.25) is 5.02 Å². The molecule has 1 aromatic carbocycles. The molecule has 4 nitrogen and oxygen atoms in total. The Hall–Kier alpha value is -0.330. The van der Waals surface area contributed by atoms with E-state index < -0.39 is 10.0 Å². The molecule has 2 N–H and O–H groups in total. The fourth-order valence-electron chi connectivity index (χ4n) is 2.06. The Labute approximate surface area is 125 Å². The first kappa shape index (κ1) is 16.7. The molecule has 1 aliphatic rings. The van der Waals surface area contributed by atoms with Crippen LogP contribution < -0.4 is 10.0 Å². The highest BCUT2D eigenvalue weighted by atomic mass is 35.5. The smallest absolute Gasteiger partial charge is 0.242 e. The van der Waals surface area contributed by atoms with Crippen LogP contribution in [-0.4, -0.2) is 27.5 Å². The van der Waals surface area contributed by atoms with E-state index in [4.69, 9.17) is 11.6 Å². The number of hydrogen-bond donors (Lipinski definition) is 2. The molecule has 1 heterocycles. The Kier molecular flexibility index (Phi) is 6.08. The molecular formula is C12H18Cl2N2O2S. The number of rotatable bonds is 3. The number of aryl methyl sites for hydroxylation is 1. The number of benzene rings is 1. The number of sulfonamides is 1. The molecule has 1 aromatic rings. The van der Waals surface area contributed by atoms with Crippen LogP contribution in [0.5, 0.6) is 0 Å². The minimum Gasteiger partial charge on any atom is -0.315 e. The maximum absolute atomic E-state index is 12.2. The van der Waals surface area contributed by atoms with E-state index in [0.717, 1.165) is 24.9 Å². The number of piperidine rings is 1. The van der Waals surface area contributed by atoms with Gasteiger partial charge in [0.2, 0.25) is 10.0 Å². The molecular weight excluding hydrogens is 307 g/mol. The van der Waals surface area contributed by atoms with Crippen molar-refractivity contribution in [3.8, 4) is 0 Å². The van der Waals surface area contributed by atoms with Crippen molar-refractivity contribution in [3.05, 3.63) is 28.8 Å². The molecule has 0 bridgehead atoms. The van der Waals surface area contributed by atoms with Crippen LogP contribution in [0.25, 0.3) is 0 Å². The van der Waals surface area contributed by atoms with Crippen molar-refractivity contribution < 1.29 is 8.42 Å². The molecule has 0 saturated carbocycles. The summed E-state index contributed by atoms with van der Waals surface area (Å²) in [4.78, 5) is 0.153. The van der Waals surface area contributed by atoms with Gasteiger partial charge in [0.1, 0.15) is 4.90 Å². The van der Waals surface area contributed by atoms with Crippen LogP contribution in [0, 0.1) is 6.92 Å². The zero-order valence-corrected chi connectivity index (χ0v) is 13.0. The van der Waals surface area contributed by atoms with E-state index in [1.54, 1.807) is 18.2 Å². The zero-order chi connectivity index (χ0) is 13.2. The summed E-state index contributed by atoms with van der Waals surface area (Å²) in [5.74, 6) is 0. The summed E-state index contributed by atoms with van der Waals surface area (Å²) in [6, 6.07) is 4.91. The second-order valence-electron chi connectivity index (χ2n) is 4.60. The molecule has 0 radical (unpaired) electrons. The third-order valence-corrected chi connectivity index (χ3v) is 5.00. The first-order valence-electron chi connectivity index (χ1n) is 5.98. The highest BCUT2D eigenvalue weighted by Crippen LogP contribution is 2.22. The van der Waals surface area contributed by atoms with Gasteiger partial charge in [0.25, 0.3) is 0 Å². The lowest BCUT2D eigenvalue weighted by molar-refractivity contribution is 0.428. The summed E-state index contributed by atoms with van der Waals surface area (Å²) in [6.45, 7) is 3.49. The molecule has 0 aromatic heterocycles. The van der Waals surface area contributed by atoms with Gasteiger partial charge >= 0.3 is 0 Å². The van der Waals surface area contributed by atoms with Crippen molar-refractivity contribution in [2.45, 2.75) is 30.7 Å². The molecule has 0 amide bonds. The summed E-state index contributed by atoms with van der Waals surface area (Å²) in [5.41, 5.74) is 0.943. The third-order valence-electron chi connectivity index (χ3n) is 3.00. The summed E-state index contributed by atoms with van der Waals surface area (Å²) in [6.07, 6.45) is 1.84. The maximum Gasteiger partial charge on any atom is 0.242 e. The Morgan fingerprint density at radius 1 is 1.42 bits per heavy atom. The second-order valence-corrected chi connectivity index (χ2v) is 6.69. The normalized spacial score (nSPS) is 19.8. The SMILES string of the molecule is Cc1ccc(S(=O)(=O)NC2CCCNC2)c(Cl)c1.Cl. The average molecular weight is 325 g/mol. The van der Waals surface area contributed by atoms with E-state index in [-0.39, 0.29) is 28.4 Å². The summed E-state index contributed by atoms with van der Waals surface area (Å²) >= 11 is 6.00. The van der Waals surface area contributed by atoms with Crippen molar-refractivity contribution in [3.63, 3.8) is 0 Å². The number of nitrogens with one attached hydrogen (secondary N) is 2. The maximum atomic E-state index is 12.2. The molecule has 108 valence electrons. The molecule has 0 aliphatic carbocycles. The standard InChI is InChI=1S/C12H17ClN2O2S.ClH/c1-9-4-5-12(11(13)7-9)18(16,17)15-10-3-2-6-14-8-10;/h4-5,7,10,14-15H,2-3,6,8H2,1H3;1H. The zero-order valence-electron chi connectivity index (χ0n) is 10.6. The highest BCUT2D eigenvalue weighted by molar-refractivity contribution is 7.89. The van der Waals surface area contributed by atoms with Crippen LogP contribution in [0.4, 0.5) is 0 Å². The molecule has 2 rings (SSSR count). The molecule has 0 spiro atoms. The minimum absolute atomic E-state index is 0. The van der Waals surface area contributed by atoms with E-state index in [9.17, 15) is 8.42 Å². The Morgan fingerprint density at radius 3 is 2.74 bits per heavy atom. The number of halogens is 2. The van der Waals surface area contributed by atoms with E-state index in [1.807, 2.05) is 6.92 Å². The van der Waals surface area contributed by atoms with Gasteiger partial charge in [-0.05, 0) is 44.0 Å². The Balaban J connectivity index is 0.00000180. The van der Waals surface area contributed by atoms with E-state index in [2.05, 4.69) is 10.0 Å². The van der Waals surface area contributed by atoms with Gasteiger partial charge in [-0.15, -0.1) is 12.4 Å². The lowest BCUT2D eigenvalue weighted by Gasteiger charge is -2.23. The van der Waals surface area contributed by atoms with Crippen LogP contribution >= 0.6 is 24.0 Å². The van der Waals surface area contributed by atoms with Gasteiger partial charge in [-0.3, -0.25) is 0 Å². The van der Waals surface area contributed by atoms with Crippen molar-refractivity contribution in [1.82, 2.24) is 10.0 Å². The minimum atomic E-state index is -3.53. The largest absolute Gasteiger partial charge is 0.315 e. The van der Waals surface area contributed by atoms with Crippen molar-refractivity contribution in [2.75, 3.05) is 13.1 Å². The van der Waals surface area contributed by atoms with Gasteiger partial charge in [-0.1, -0.05) is 17.7 Å². The molecule has 7 heteroatoms. The molecule has 1 unspecified atom stereocenters. The number of hydrogen-bond acceptors (Lipinski definition) is 3. The Morgan fingerprint density at radius 2 is 2.16 bits per heavy atom. The van der Waals surface area contributed by atoms with Gasteiger partial charge in [-0.2, -0.15) is 0 Å². The van der Waals surface area contributed by atoms with Gasteiger partial charge in [0.05, 0.1) is 5.02 Å². The highest BCUT2D eigenvalue weighted by Gasteiger charge is 2.23. The summed E-state index contributed by atoms with van der Waals surface area (Å²) in [7, 11) is -3.53. The molecule has 1 atom stereocenters. The van der Waals surface area contributed by atoms with Crippen LogP contribution in [0.15, 0.2) is 23.1 Å². The first-order valence-corrected chi connectivity index (χ1v) is 7.84. The van der Waals surface area contributed by atoms with Crippen LogP contribution in [0.1, 0.15) is 18.4 Å². The predicted molar refractivity (Wildman–Crippen MR) is 79.7 cm³/mol. The van der Waals surface area contributed by atoms with Crippen LogP contribution in [-0.2, 0) is 10.0 Å². The Bertz CT molecular complexity index is 529. The monoisotopic (exact) mass is 324 g/mol. The van der Waals surface area contributed by atoms with Crippen LogP contribution in [0.3, 0.4) is 0 Å². The first-order chi connectivity index (χ1) is 8.49. The van der Waals surface area contributed by atoms with Gasteiger partial charge < -0.3 is 5.32 Å². The summed E-state index contributed by atoms with van der Waals surface area (Å²) in [5, 5.41) is 3.44. The lowest BCUT2D eigenvalue weighted by atomic mass is 10.1. The molecule has 1 aliphatic heterocycles. The van der Waals surface area contributed by atoms with E-state index in [0.29, 0.717) is 6.54 Å². The quantitative estimate of drug-likeness (QED) is 0.895. The van der Waals surface area contributed by atoms with Gasteiger partial charge in [-0.25, -0.2) is 13.1 Å². The fourth-order valence-corrected chi connectivity index (χ4v) is 3.93. The predicted octanol–water partition coefficient (Wildman–Crippen LogP) is 2.10. The molecule has 1 saturated heterocycles. The van der Waals surface area contributed by atoms with E-state index >= 15 is 0 Å². The van der Waals surface area contributed by atoms with Crippen molar-refractivity contribution >= 4 is 34.0 Å². The lowest BCUT2D eigenvalue weighted by Crippen LogP contribution is -2.45. The van der Waals surface area contributed by atoms with Gasteiger partial charge in [0.15, 0.2) is 0 Å². The third kappa shape index (κ3) is 4.33. The second kappa shape index (κ2) is 6.90.